The number of ether oxygens (including phenoxy) is 1. The van der Waals surface area contributed by atoms with Crippen LogP contribution in [-0.4, -0.2) is 34.0 Å². The van der Waals surface area contributed by atoms with Gasteiger partial charge in [-0.25, -0.2) is 0 Å². The minimum absolute atomic E-state index is 0.0960. The molecule has 1 rings (SSSR count). The van der Waals surface area contributed by atoms with Crippen LogP contribution in [0.5, 0.6) is 0 Å². The molecule has 0 aromatic heterocycles. The van der Waals surface area contributed by atoms with E-state index in [1.807, 2.05) is 0 Å². The third-order valence-electron chi connectivity index (χ3n) is 3.30. The summed E-state index contributed by atoms with van der Waals surface area (Å²) < 4.78 is 17.7. The molecular formula is C12H25NO2S. The topological polar surface area (TPSA) is 52.3 Å². The van der Waals surface area contributed by atoms with Crippen molar-refractivity contribution >= 4 is 10.8 Å². The molecule has 0 radical (unpaired) electrons. The standard InChI is InChI=1S/C12H25NO2S/c1-3-5-11(13)12(4-2)16(14)10-6-8-15-9-7-10/h10-12H,3-9,13H2,1-2H3. The molecule has 96 valence electrons. The van der Waals surface area contributed by atoms with E-state index in [1.54, 1.807) is 0 Å². The molecule has 2 N–H and O–H groups in total. The van der Waals surface area contributed by atoms with Crippen molar-refractivity contribution in [2.75, 3.05) is 13.2 Å². The van der Waals surface area contributed by atoms with E-state index >= 15 is 0 Å². The van der Waals surface area contributed by atoms with Gasteiger partial charge in [-0.1, -0.05) is 20.3 Å². The molecule has 3 nitrogen and oxygen atoms in total. The van der Waals surface area contributed by atoms with E-state index in [1.165, 1.54) is 0 Å². The lowest BCUT2D eigenvalue weighted by atomic mass is 10.1. The van der Waals surface area contributed by atoms with Crippen LogP contribution >= 0.6 is 0 Å². The summed E-state index contributed by atoms with van der Waals surface area (Å²) in [5.41, 5.74) is 6.12. The van der Waals surface area contributed by atoms with Gasteiger partial charge in [0.05, 0.1) is 0 Å². The Hall–Kier alpha value is 0.0700. The number of rotatable bonds is 6. The van der Waals surface area contributed by atoms with E-state index in [4.69, 9.17) is 10.5 Å². The van der Waals surface area contributed by atoms with Gasteiger partial charge in [-0.15, -0.1) is 0 Å². The first-order valence-corrected chi connectivity index (χ1v) is 7.71. The maximum atomic E-state index is 12.4. The molecule has 0 spiro atoms. The lowest BCUT2D eigenvalue weighted by molar-refractivity contribution is 0.0990. The predicted octanol–water partition coefficient (Wildman–Crippen LogP) is 1.82. The number of hydrogen-bond donors (Lipinski definition) is 1. The molecule has 1 aliphatic rings. The van der Waals surface area contributed by atoms with Crippen molar-refractivity contribution in [3.63, 3.8) is 0 Å². The highest BCUT2D eigenvalue weighted by molar-refractivity contribution is 7.86. The van der Waals surface area contributed by atoms with Gasteiger partial charge in [0.1, 0.15) is 0 Å². The van der Waals surface area contributed by atoms with Gasteiger partial charge in [-0.05, 0) is 25.7 Å². The minimum atomic E-state index is -0.781. The minimum Gasteiger partial charge on any atom is -0.381 e. The van der Waals surface area contributed by atoms with Gasteiger partial charge in [0.2, 0.25) is 0 Å². The van der Waals surface area contributed by atoms with E-state index in [0.717, 1.165) is 45.3 Å². The fraction of sp³-hybridized carbons (Fsp3) is 1.00. The first-order valence-electron chi connectivity index (χ1n) is 6.43. The summed E-state index contributed by atoms with van der Waals surface area (Å²) in [4.78, 5) is 0. The quantitative estimate of drug-likeness (QED) is 0.779. The second-order valence-electron chi connectivity index (χ2n) is 4.54. The Bertz CT molecular complexity index is 217. The van der Waals surface area contributed by atoms with Crippen molar-refractivity contribution in [3.8, 4) is 0 Å². The van der Waals surface area contributed by atoms with E-state index in [2.05, 4.69) is 13.8 Å². The Kier molecular flexibility index (Phi) is 6.54. The fourth-order valence-electron chi connectivity index (χ4n) is 2.31. The molecule has 3 atom stereocenters. The molecule has 0 amide bonds. The van der Waals surface area contributed by atoms with Gasteiger partial charge < -0.3 is 10.5 Å². The number of hydrogen-bond acceptors (Lipinski definition) is 3. The Morgan fingerprint density at radius 1 is 1.38 bits per heavy atom. The summed E-state index contributed by atoms with van der Waals surface area (Å²) in [7, 11) is -0.781. The molecule has 16 heavy (non-hydrogen) atoms. The normalized spacial score (nSPS) is 23.9. The first-order chi connectivity index (χ1) is 7.70. The lowest BCUT2D eigenvalue weighted by Gasteiger charge is -2.29. The Balaban J connectivity index is 2.53. The van der Waals surface area contributed by atoms with Crippen molar-refractivity contribution in [1.29, 1.82) is 0 Å². The molecule has 0 aliphatic carbocycles. The monoisotopic (exact) mass is 247 g/mol. The van der Waals surface area contributed by atoms with Crippen LogP contribution in [0.25, 0.3) is 0 Å². The number of nitrogens with two attached hydrogens (primary N) is 1. The SMILES string of the molecule is CCCC(N)C(CC)S(=O)C1CCOCC1. The highest BCUT2D eigenvalue weighted by Crippen LogP contribution is 2.21. The van der Waals surface area contributed by atoms with E-state index in [9.17, 15) is 4.21 Å². The first kappa shape index (κ1) is 14.1. The van der Waals surface area contributed by atoms with Gasteiger partial charge in [0.25, 0.3) is 0 Å². The molecule has 0 aromatic carbocycles. The second kappa shape index (κ2) is 7.41. The van der Waals surface area contributed by atoms with Crippen LogP contribution in [0.4, 0.5) is 0 Å². The van der Waals surface area contributed by atoms with Gasteiger partial charge in [0.15, 0.2) is 0 Å². The summed E-state index contributed by atoms with van der Waals surface area (Å²) in [6, 6.07) is 0.0960. The fourth-order valence-corrected chi connectivity index (χ4v) is 4.27. The zero-order valence-electron chi connectivity index (χ0n) is 10.5. The summed E-state index contributed by atoms with van der Waals surface area (Å²) >= 11 is 0. The molecular weight excluding hydrogens is 222 g/mol. The Morgan fingerprint density at radius 3 is 2.50 bits per heavy atom. The maximum Gasteiger partial charge on any atom is 0.0499 e. The van der Waals surface area contributed by atoms with Crippen molar-refractivity contribution in [2.24, 2.45) is 5.73 Å². The summed E-state index contributed by atoms with van der Waals surface area (Å²) in [5.74, 6) is 0. The molecule has 3 unspecified atom stereocenters. The van der Waals surface area contributed by atoms with E-state index < -0.39 is 10.8 Å². The van der Waals surface area contributed by atoms with Crippen molar-refractivity contribution < 1.29 is 8.95 Å². The molecule has 1 heterocycles. The lowest BCUT2D eigenvalue weighted by Crippen LogP contribution is -2.42. The zero-order chi connectivity index (χ0) is 12.0. The summed E-state index contributed by atoms with van der Waals surface area (Å²) in [6.45, 7) is 5.74. The molecule has 1 fully saturated rings. The Labute approximate surface area is 102 Å². The van der Waals surface area contributed by atoms with Crippen LogP contribution < -0.4 is 5.73 Å². The predicted molar refractivity (Wildman–Crippen MR) is 68.9 cm³/mol. The van der Waals surface area contributed by atoms with Crippen LogP contribution in [0.1, 0.15) is 46.0 Å². The molecule has 1 saturated heterocycles. The van der Waals surface area contributed by atoms with Crippen molar-refractivity contribution in [1.82, 2.24) is 0 Å². The molecule has 0 saturated carbocycles. The zero-order valence-corrected chi connectivity index (χ0v) is 11.3. The van der Waals surface area contributed by atoms with Crippen LogP contribution in [0, 0.1) is 0 Å². The van der Waals surface area contributed by atoms with E-state index in [0.29, 0.717) is 5.25 Å². The van der Waals surface area contributed by atoms with Crippen LogP contribution in [0.15, 0.2) is 0 Å². The van der Waals surface area contributed by atoms with Gasteiger partial charge in [-0.2, -0.15) is 0 Å². The van der Waals surface area contributed by atoms with Crippen LogP contribution in [0.2, 0.25) is 0 Å². The molecule has 0 aromatic rings. The third kappa shape index (κ3) is 3.82. The average Bonchev–Trinajstić information content (AvgIpc) is 2.31. The average molecular weight is 247 g/mol. The van der Waals surface area contributed by atoms with Crippen molar-refractivity contribution in [3.05, 3.63) is 0 Å². The maximum absolute atomic E-state index is 12.4. The van der Waals surface area contributed by atoms with Crippen molar-refractivity contribution in [2.45, 2.75) is 62.5 Å². The van der Waals surface area contributed by atoms with Crippen LogP contribution in [0.3, 0.4) is 0 Å². The highest BCUT2D eigenvalue weighted by Gasteiger charge is 2.29. The molecule has 4 heteroatoms. The molecule has 1 aliphatic heterocycles. The molecule has 0 bridgehead atoms. The summed E-state index contributed by atoms with van der Waals surface area (Å²) in [6.07, 6.45) is 4.84. The smallest absolute Gasteiger partial charge is 0.0499 e. The summed E-state index contributed by atoms with van der Waals surface area (Å²) in [5, 5.41) is 0.477. The second-order valence-corrected chi connectivity index (χ2v) is 6.47. The largest absolute Gasteiger partial charge is 0.381 e. The van der Waals surface area contributed by atoms with Gasteiger partial charge >= 0.3 is 0 Å². The Morgan fingerprint density at radius 2 is 2.00 bits per heavy atom. The van der Waals surface area contributed by atoms with E-state index in [-0.39, 0.29) is 11.3 Å². The van der Waals surface area contributed by atoms with Gasteiger partial charge in [0, 0.05) is 40.6 Å². The van der Waals surface area contributed by atoms with Crippen LogP contribution in [-0.2, 0) is 15.5 Å². The highest BCUT2D eigenvalue weighted by atomic mass is 32.2. The third-order valence-corrected chi connectivity index (χ3v) is 5.71. The van der Waals surface area contributed by atoms with Gasteiger partial charge in [-0.3, -0.25) is 4.21 Å².